The quantitative estimate of drug-likeness (QED) is 0.712. The SMILES string of the molecule is CCCC(CC)N1CCC(=O)C(C)C1C. The van der Waals surface area contributed by atoms with Gasteiger partial charge < -0.3 is 0 Å². The zero-order valence-corrected chi connectivity index (χ0v) is 10.6. The van der Waals surface area contributed by atoms with Gasteiger partial charge in [0.1, 0.15) is 5.78 Å². The van der Waals surface area contributed by atoms with Crippen molar-refractivity contribution in [3.63, 3.8) is 0 Å². The molecule has 0 spiro atoms. The molecule has 15 heavy (non-hydrogen) atoms. The maximum atomic E-state index is 11.6. The van der Waals surface area contributed by atoms with Gasteiger partial charge in [0.2, 0.25) is 0 Å². The van der Waals surface area contributed by atoms with Crippen molar-refractivity contribution in [3.8, 4) is 0 Å². The molecule has 0 aromatic carbocycles. The maximum absolute atomic E-state index is 11.6. The number of carbonyl (C=O) groups excluding carboxylic acids is 1. The van der Waals surface area contributed by atoms with E-state index in [0.717, 1.165) is 13.0 Å². The first kappa shape index (κ1) is 12.7. The zero-order valence-electron chi connectivity index (χ0n) is 10.6. The lowest BCUT2D eigenvalue weighted by Crippen LogP contribution is -2.51. The molecule has 0 amide bonds. The normalized spacial score (nSPS) is 30.5. The lowest BCUT2D eigenvalue weighted by Gasteiger charge is -2.42. The average Bonchev–Trinajstić information content (AvgIpc) is 2.24. The standard InChI is InChI=1S/C13H25NO/c1-5-7-12(6-2)14-9-8-13(15)10(3)11(14)4/h10-12H,5-9H2,1-4H3. The number of ketones is 1. The molecule has 1 fully saturated rings. The van der Waals surface area contributed by atoms with E-state index >= 15 is 0 Å². The molecule has 3 unspecified atom stereocenters. The fourth-order valence-corrected chi connectivity index (χ4v) is 2.68. The Morgan fingerprint density at radius 3 is 2.60 bits per heavy atom. The van der Waals surface area contributed by atoms with Gasteiger partial charge >= 0.3 is 0 Å². The molecule has 3 atom stereocenters. The van der Waals surface area contributed by atoms with Gasteiger partial charge in [0.05, 0.1) is 0 Å². The van der Waals surface area contributed by atoms with Crippen LogP contribution in [-0.4, -0.2) is 29.3 Å². The summed E-state index contributed by atoms with van der Waals surface area (Å²) >= 11 is 0. The monoisotopic (exact) mass is 211 g/mol. The number of nitrogens with zero attached hydrogens (tertiary/aromatic N) is 1. The summed E-state index contributed by atoms with van der Waals surface area (Å²) in [5, 5.41) is 0. The van der Waals surface area contributed by atoms with Gasteiger partial charge in [-0.3, -0.25) is 9.69 Å². The smallest absolute Gasteiger partial charge is 0.138 e. The summed E-state index contributed by atoms with van der Waals surface area (Å²) in [6, 6.07) is 1.11. The molecule has 0 radical (unpaired) electrons. The Hall–Kier alpha value is -0.370. The molecule has 1 aliphatic rings. The van der Waals surface area contributed by atoms with Crippen molar-refractivity contribution in [1.82, 2.24) is 4.90 Å². The Morgan fingerprint density at radius 1 is 1.40 bits per heavy atom. The van der Waals surface area contributed by atoms with E-state index < -0.39 is 0 Å². The summed E-state index contributed by atoms with van der Waals surface area (Å²) in [5.41, 5.74) is 0. The minimum atomic E-state index is 0.227. The first-order chi connectivity index (χ1) is 7.11. The highest BCUT2D eigenvalue weighted by atomic mass is 16.1. The van der Waals surface area contributed by atoms with Crippen LogP contribution in [0.2, 0.25) is 0 Å². The minimum absolute atomic E-state index is 0.227. The second-order valence-electron chi connectivity index (χ2n) is 4.83. The lowest BCUT2D eigenvalue weighted by atomic mass is 9.88. The zero-order chi connectivity index (χ0) is 11.4. The van der Waals surface area contributed by atoms with Gasteiger partial charge in [-0.15, -0.1) is 0 Å². The highest BCUT2D eigenvalue weighted by Crippen LogP contribution is 2.25. The van der Waals surface area contributed by atoms with Crippen molar-refractivity contribution in [3.05, 3.63) is 0 Å². The molecule has 0 saturated carbocycles. The second-order valence-corrected chi connectivity index (χ2v) is 4.83. The predicted molar refractivity (Wildman–Crippen MR) is 63.9 cm³/mol. The Labute approximate surface area is 94.0 Å². The van der Waals surface area contributed by atoms with Crippen LogP contribution >= 0.6 is 0 Å². The van der Waals surface area contributed by atoms with E-state index in [0.29, 0.717) is 17.9 Å². The van der Waals surface area contributed by atoms with E-state index in [2.05, 4.69) is 32.6 Å². The van der Waals surface area contributed by atoms with E-state index in [1.807, 2.05) is 0 Å². The molecule has 1 rings (SSSR count). The third kappa shape index (κ3) is 2.81. The van der Waals surface area contributed by atoms with Crippen LogP contribution < -0.4 is 0 Å². The van der Waals surface area contributed by atoms with Crippen molar-refractivity contribution in [1.29, 1.82) is 0 Å². The van der Waals surface area contributed by atoms with Gasteiger partial charge in [-0.25, -0.2) is 0 Å². The number of piperidine rings is 1. The Balaban J connectivity index is 2.64. The van der Waals surface area contributed by atoms with Crippen LogP contribution in [0.1, 0.15) is 53.4 Å². The summed E-state index contributed by atoms with van der Waals surface area (Å²) in [4.78, 5) is 14.1. The Bertz CT molecular complexity index is 215. The lowest BCUT2D eigenvalue weighted by molar-refractivity contribution is -0.128. The van der Waals surface area contributed by atoms with Crippen LogP contribution in [0.5, 0.6) is 0 Å². The van der Waals surface area contributed by atoms with Crippen LogP contribution in [0.25, 0.3) is 0 Å². The molecule has 1 aliphatic heterocycles. The van der Waals surface area contributed by atoms with E-state index in [9.17, 15) is 4.79 Å². The number of hydrogen-bond donors (Lipinski definition) is 0. The van der Waals surface area contributed by atoms with Gasteiger partial charge in [0.15, 0.2) is 0 Å². The fraction of sp³-hybridized carbons (Fsp3) is 0.923. The van der Waals surface area contributed by atoms with E-state index in [1.165, 1.54) is 19.3 Å². The summed E-state index contributed by atoms with van der Waals surface area (Å²) in [6.45, 7) is 9.76. The van der Waals surface area contributed by atoms with Gasteiger partial charge in [0.25, 0.3) is 0 Å². The molecule has 0 aromatic rings. The van der Waals surface area contributed by atoms with Crippen molar-refractivity contribution in [2.45, 2.75) is 65.5 Å². The fourth-order valence-electron chi connectivity index (χ4n) is 2.68. The second kappa shape index (κ2) is 5.64. The molecule has 0 N–H and O–H groups in total. The van der Waals surface area contributed by atoms with E-state index in [4.69, 9.17) is 0 Å². The Kier molecular flexibility index (Phi) is 4.78. The molecule has 1 heterocycles. The molecule has 0 aromatic heterocycles. The van der Waals surface area contributed by atoms with Crippen LogP contribution in [-0.2, 0) is 4.79 Å². The van der Waals surface area contributed by atoms with Gasteiger partial charge in [-0.05, 0) is 19.8 Å². The number of hydrogen-bond acceptors (Lipinski definition) is 2. The highest BCUT2D eigenvalue weighted by molar-refractivity contribution is 5.82. The minimum Gasteiger partial charge on any atom is -0.299 e. The van der Waals surface area contributed by atoms with Crippen molar-refractivity contribution in [2.24, 2.45) is 5.92 Å². The molecule has 0 aliphatic carbocycles. The molecule has 2 heteroatoms. The first-order valence-corrected chi connectivity index (χ1v) is 6.40. The van der Waals surface area contributed by atoms with Gasteiger partial charge in [-0.1, -0.05) is 27.2 Å². The van der Waals surface area contributed by atoms with Gasteiger partial charge in [0, 0.05) is 31.0 Å². The molecular weight excluding hydrogens is 186 g/mol. The summed E-state index contributed by atoms with van der Waals surface area (Å²) in [5.74, 6) is 0.676. The molecular formula is C13H25NO. The highest BCUT2D eigenvalue weighted by Gasteiger charge is 2.33. The third-order valence-corrected chi connectivity index (χ3v) is 3.93. The van der Waals surface area contributed by atoms with Crippen LogP contribution in [0.3, 0.4) is 0 Å². The summed E-state index contributed by atoms with van der Waals surface area (Å²) in [6.07, 6.45) is 4.47. The maximum Gasteiger partial charge on any atom is 0.138 e. The predicted octanol–water partition coefficient (Wildman–Crippen LogP) is 2.86. The van der Waals surface area contributed by atoms with Crippen molar-refractivity contribution in [2.75, 3.05) is 6.54 Å². The number of Topliss-reactive ketones (excluding diaryl/α,β-unsaturated/α-hetero) is 1. The first-order valence-electron chi connectivity index (χ1n) is 6.40. The number of likely N-dealkylation sites (tertiary alicyclic amines) is 1. The van der Waals surface area contributed by atoms with Crippen molar-refractivity contribution < 1.29 is 4.79 Å². The van der Waals surface area contributed by atoms with Crippen LogP contribution in [0.15, 0.2) is 0 Å². The molecule has 1 saturated heterocycles. The van der Waals surface area contributed by atoms with Gasteiger partial charge in [-0.2, -0.15) is 0 Å². The third-order valence-electron chi connectivity index (χ3n) is 3.93. The Morgan fingerprint density at radius 2 is 2.07 bits per heavy atom. The summed E-state index contributed by atoms with van der Waals surface area (Å²) in [7, 11) is 0. The number of carbonyl (C=O) groups is 1. The van der Waals surface area contributed by atoms with E-state index in [1.54, 1.807) is 0 Å². The topological polar surface area (TPSA) is 20.3 Å². The molecule has 2 nitrogen and oxygen atoms in total. The summed E-state index contributed by atoms with van der Waals surface area (Å²) < 4.78 is 0. The molecule has 88 valence electrons. The molecule has 0 bridgehead atoms. The largest absolute Gasteiger partial charge is 0.299 e. The van der Waals surface area contributed by atoms with E-state index in [-0.39, 0.29) is 5.92 Å². The number of rotatable bonds is 4. The van der Waals surface area contributed by atoms with Crippen LogP contribution in [0, 0.1) is 5.92 Å². The average molecular weight is 211 g/mol. The van der Waals surface area contributed by atoms with Crippen LogP contribution in [0.4, 0.5) is 0 Å². The van der Waals surface area contributed by atoms with Crippen molar-refractivity contribution >= 4 is 5.78 Å².